The van der Waals surface area contributed by atoms with Crippen molar-refractivity contribution < 1.29 is 4.39 Å². The molecule has 1 unspecified atom stereocenters. The molecule has 2 aromatic rings. The summed E-state index contributed by atoms with van der Waals surface area (Å²) in [5.41, 5.74) is 2.89. The zero-order valence-electron chi connectivity index (χ0n) is 9.46. The molecule has 1 aromatic carbocycles. The molecule has 3 heteroatoms. The number of aryl methyl sites for hydroxylation is 1. The van der Waals surface area contributed by atoms with Crippen LogP contribution < -0.4 is 0 Å². The summed E-state index contributed by atoms with van der Waals surface area (Å²) < 4.78 is 13.7. The van der Waals surface area contributed by atoms with Crippen LogP contribution in [0.1, 0.15) is 36.4 Å². The molecule has 1 aliphatic carbocycles. The van der Waals surface area contributed by atoms with Crippen LogP contribution in [-0.2, 0) is 6.42 Å². The lowest BCUT2D eigenvalue weighted by Gasteiger charge is -2.20. The predicted molar refractivity (Wildman–Crippen MR) is 64.2 cm³/mol. The van der Waals surface area contributed by atoms with Gasteiger partial charge in [0.2, 0.25) is 0 Å². The highest BCUT2D eigenvalue weighted by molar-refractivity contribution is 5.86. The lowest BCUT2D eigenvalue weighted by Crippen LogP contribution is -2.08. The molecule has 0 spiro atoms. The Hall–Kier alpha value is -1.82. The second-order valence-corrected chi connectivity index (χ2v) is 4.63. The first-order chi connectivity index (χ1) is 8.31. The number of nitrogens with zero attached hydrogens (tertiary/aromatic N) is 1. The Morgan fingerprint density at radius 1 is 1.47 bits per heavy atom. The Labute approximate surface area is 99.1 Å². The monoisotopic (exact) mass is 228 g/mol. The van der Waals surface area contributed by atoms with Gasteiger partial charge in [-0.05, 0) is 36.8 Å². The van der Waals surface area contributed by atoms with E-state index in [9.17, 15) is 4.39 Å². The Morgan fingerprint density at radius 2 is 2.35 bits per heavy atom. The van der Waals surface area contributed by atoms with Gasteiger partial charge in [-0.1, -0.05) is 12.1 Å². The van der Waals surface area contributed by atoms with Gasteiger partial charge in [-0.2, -0.15) is 5.26 Å². The van der Waals surface area contributed by atoms with Crippen molar-refractivity contribution in [2.24, 2.45) is 0 Å². The summed E-state index contributed by atoms with van der Waals surface area (Å²) in [6, 6.07) is 7.40. The lowest BCUT2D eigenvalue weighted by atomic mass is 9.83. The summed E-state index contributed by atoms with van der Waals surface area (Å²) in [6.07, 6.45) is 3.60. The molecule has 86 valence electrons. The van der Waals surface area contributed by atoms with Crippen molar-refractivity contribution in [2.45, 2.75) is 31.6 Å². The van der Waals surface area contributed by atoms with Crippen LogP contribution in [0.3, 0.4) is 0 Å². The summed E-state index contributed by atoms with van der Waals surface area (Å²) in [5.74, 6) is 0.0620. The molecule has 2 nitrogen and oxygen atoms in total. The zero-order valence-corrected chi connectivity index (χ0v) is 9.46. The summed E-state index contributed by atoms with van der Waals surface area (Å²) in [4.78, 5) is 3.19. The molecule has 0 amide bonds. The second-order valence-electron chi connectivity index (χ2n) is 4.63. The number of aromatic amines is 1. The number of aromatic nitrogens is 1. The summed E-state index contributed by atoms with van der Waals surface area (Å²) >= 11 is 0. The van der Waals surface area contributed by atoms with E-state index in [1.165, 1.54) is 11.6 Å². The van der Waals surface area contributed by atoms with Crippen molar-refractivity contribution in [3.63, 3.8) is 0 Å². The lowest BCUT2D eigenvalue weighted by molar-refractivity contribution is 0.561. The fraction of sp³-hybridized carbons (Fsp3) is 0.357. The van der Waals surface area contributed by atoms with Crippen molar-refractivity contribution in [2.75, 3.05) is 0 Å². The number of H-pyrrole nitrogens is 1. The highest BCUT2D eigenvalue weighted by atomic mass is 19.1. The standard InChI is InChI=1S/C14H13FN2/c15-11-5-2-4-10-13-9(7-8-16)3-1-6-12(13)17-14(10)11/h2,4-5,9,17H,1,3,6-7H2. The third-order valence-corrected chi connectivity index (χ3v) is 3.63. The van der Waals surface area contributed by atoms with Gasteiger partial charge in [-0.15, -0.1) is 0 Å². The first-order valence-electron chi connectivity index (χ1n) is 5.97. The maximum Gasteiger partial charge on any atom is 0.147 e. The van der Waals surface area contributed by atoms with E-state index in [1.54, 1.807) is 6.07 Å². The molecule has 0 aliphatic heterocycles. The van der Waals surface area contributed by atoms with E-state index in [2.05, 4.69) is 11.1 Å². The molecule has 0 saturated carbocycles. The highest BCUT2D eigenvalue weighted by Gasteiger charge is 2.25. The number of hydrogen-bond donors (Lipinski definition) is 1. The smallest absolute Gasteiger partial charge is 0.147 e. The number of fused-ring (bicyclic) bond motifs is 3. The quantitative estimate of drug-likeness (QED) is 0.795. The van der Waals surface area contributed by atoms with Gasteiger partial charge in [0.25, 0.3) is 0 Å². The van der Waals surface area contributed by atoms with Gasteiger partial charge in [-0.3, -0.25) is 0 Å². The van der Waals surface area contributed by atoms with Crippen LogP contribution >= 0.6 is 0 Å². The van der Waals surface area contributed by atoms with Crippen molar-refractivity contribution in [1.29, 1.82) is 5.26 Å². The molecule has 0 radical (unpaired) electrons. The van der Waals surface area contributed by atoms with Gasteiger partial charge in [-0.25, -0.2) is 4.39 Å². The van der Waals surface area contributed by atoms with E-state index >= 15 is 0 Å². The average molecular weight is 228 g/mol. The van der Waals surface area contributed by atoms with Gasteiger partial charge in [0.15, 0.2) is 0 Å². The van der Waals surface area contributed by atoms with Crippen molar-refractivity contribution in [3.8, 4) is 6.07 Å². The minimum absolute atomic E-state index is 0.201. The fourth-order valence-electron chi connectivity index (χ4n) is 2.90. The highest BCUT2D eigenvalue weighted by Crippen LogP contribution is 2.39. The average Bonchev–Trinajstić information content (AvgIpc) is 2.71. The van der Waals surface area contributed by atoms with E-state index in [-0.39, 0.29) is 11.7 Å². The number of para-hydroxylation sites is 1. The fourth-order valence-corrected chi connectivity index (χ4v) is 2.90. The first-order valence-corrected chi connectivity index (χ1v) is 5.97. The normalized spacial score (nSPS) is 18.9. The topological polar surface area (TPSA) is 39.6 Å². The van der Waals surface area contributed by atoms with Crippen LogP contribution in [0, 0.1) is 17.1 Å². The number of nitrogens with one attached hydrogen (secondary N) is 1. The van der Waals surface area contributed by atoms with Crippen LogP contribution in [0.15, 0.2) is 18.2 Å². The number of nitriles is 1. The number of halogens is 1. The molecule has 1 N–H and O–H groups in total. The van der Waals surface area contributed by atoms with Crippen LogP contribution in [0.25, 0.3) is 10.9 Å². The molecule has 0 saturated heterocycles. The maximum atomic E-state index is 13.7. The summed E-state index contributed by atoms with van der Waals surface area (Å²) in [7, 11) is 0. The summed E-state index contributed by atoms with van der Waals surface area (Å²) in [6.45, 7) is 0. The predicted octanol–water partition coefficient (Wildman–Crippen LogP) is 3.64. The zero-order chi connectivity index (χ0) is 11.8. The van der Waals surface area contributed by atoms with Gasteiger partial charge in [0, 0.05) is 17.5 Å². The molecular weight excluding hydrogens is 215 g/mol. The molecule has 1 aliphatic rings. The third kappa shape index (κ3) is 1.52. The van der Waals surface area contributed by atoms with Crippen LogP contribution in [0.4, 0.5) is 4.39 Å². The van der Waals surface area contributed by atoms with E-state index < -0.39 is 0 Å². The van der Waals surface area contributed by atoms with E-state index in [1.807, 2.05) is 6.07 Å². The Kier molecular flexibility index (Phi) is 2.36. The van der Waals surface area contributed by atoms with Crippen LogP contribution in [0.2, 0.25) is 0 Å². The van der Waals surface area contributed by atoms with Gasteiger partial charge < -0.3 is 4.98 Å². The SMILES string of the molecule is N#CCC1CCCc2[nH]c3c(F)cccc3c21. The summed E-state index contributed by atoms with van der Waals surface area (Å²) in [5, 5.41) is 9.83. The molecule has 1 aromatic heterocycles. The van der Waals surface area contributed by atoms with Crippen LogP contribution in [-0.4, -0.2) is 4.98 Å². The van der Waals surface area contributed by atoms with Gasteiger partial charge >= 0.3 is 0 Å². The molecule has 0 fully saturated rings. The number of rotatable bonds is 1. The number of hydrogen-bond acceptors (Lipinski definition) is 1. The third-order valence-electron chi connectivity index (χ3n) is 3.63. The molecule has 1 heterocycles. The Bertz CT molecular complexity index is 606. The van der Waals surface area contributed by atoms with Crippen LogP contribution in [0.5, 0.6) is 0 Å². The molecule has 1 atom stereocenters. The van der Waals surface area contributed by atoms with Crippen molar-refractivity contribution in [1.82, 2.24) is 4.98 Å². The Morgan fingerprint density at radius 3 is 3.18 bits per heavy atom. The van der Waals surface area contributed by atoms with E-state index in [0.717, 1.165) is 30.3 Å². The van der Waals surface area contributed by atoms with Gasteiger partial charge in [0.1, 0.15) is 5.82 Å². The molecule has 3 rings (SSSR count). The van der Waals surface area contributed by atoms with E-state index in [4.69, 9.17) is 5.26 Å². The molecular formula is C14H13FN2. The largest absolute Gasteiger partial charge is 0.356 e. The molecule has 0 bridgehead atoms. The van der Waals surface area contributed by atoms with Crippen molar-refractivity contribution in [3.05, 3.63) is 35.3 Å². The van der Waals surface area contributed by atoms with Gasteiger partial charge in [0.05, 0.1) is 11.6 Å². The minimum atomic E-state index is -0.201. The number of benzene rings is 1. The van der Waals surface area contributed by atoms with E-state index in [0.29, 0.717) is 11.9 Å². The first kappa shape index (κ1) is 10.3. The van der Waals surface area contributed by atoms with Crippen molar-refractivity contribution >= 4 is 10.9 Å². The second kappa shape index (κ2) is 3.89. The Balaban J connectivity index is 2.25. The molecule has 17 heavy (non-hydrogen) atoms. The maximum absolute atomic E-state index is 13.7. The minimum Gasteiger partial charge on any atom is -0.356 e.